The lowest BCUT2D eigenvalue weighted by atomic mass is 10.0. The van der Waals surface area contributed by atoms with E-state index in [0.29, 0.717) is 24.5 Å². The lowest BCUT2D eigenvalue weighted by Gasteiger charge is -2.33. The van der Waals surface area contributed by atoms with Gasteiger partial charge in [-0.1, -0.05) is 25.0 Å². The van der Waals surface area contributed by atoms with E-state index >= 15 is 0 Å². The number of tetrazole rings is 1. The van der Waals surface area contributed by atoms with Crippen LogP contribution in [0.1, 0.15) is 67.6 Å². The van der Waals surface area contributed by atoms with Crippen LogP contribution in [0.3, 0.4) is 0 Å². The number of rotatable bonds is 10. The van der Waals surface area contributed by atoms with E-state index < -0.39 is 6.04 Å². The summed E-state index contributed by atoms with van der Waals surface area (Å²) in [4.78, 5) is 19.2. The summed E-state index contributed by atoms with van der Waals surface area (Å²) in [6.07, 6.45) is 6.40. The maximum Gasteiger partial charge on any atom is 0.253 e. The minimum atomic E-state index is -0.495. The molecule has 40 heavy (non-hydrogen) atoms. The molecule has 1 saturated heterocycles. The number of benzene rings is 2. The molecule has 0 amide bonds. The predicted octanol–water partition coefficient (Wildman–Crippen LogP) is 4.42. The smallest absolute Gasteiger partial charge is 0.253 e. The molecule has 210 valence electrons. The van der Waals surface area contributed by atoms with Gasteiger partial charge in [0.15, 0.2) is 5.82 Å². The Bertz CT molecular complexity index is 1510. The maximum absolute atomic E-state index is 13.8. The summed E-state index contributed by atoms with van der Waals surface area (Å²) in [5.41, 5.74) is 2.26. The molecule has 4 aromatic rings. The van der Waals surface area contributed by atoms with Crippen LogP contribution in [-0.2, 0) is 11.3 Å². The van der Waals surface area contributed by atoms with Crippen molar-refractivity contribution >= 4 is 10.9 Å². The van der Waals surface area contributed by atoms with Crippen molar-refractivity contribution in [1.82, 2.24) is 30.1 Å². The summed E-state index contributed by atoms with van der Waals surface area (Å²) in [6.45, 7) is 1.95. The summed E-state index contributed by atoms with van der Waals surface area (Å²) >= 11 is 0. The number of hydrogen-bond acceptors (Lipinski definition) is 8. The molecular formula is C30H36N6O4. The van der Waals surface area contributed by atoms with Crippen LogP contribution in [0.5, 0.6) is 11.5 Å². The van der Waals surface area contributed by atoms with Crippen LogP contribution in [0.4, 0.5) is 0 Å². The molecule has 10 nitrogen and oxygen atoms in total. The number of pyridine rings is 1. The van der Waals surface area contributed by atoms with Crippen LogP contribution in [0.25, 0.3) is 10.9 Å². The van der Waals surface area contributed by atoms with Crippen molar-refractivity contribution in [2.75, 3.05) is 27.4 Å². The average molecular weight is 545 g/mol. The minimum absolute atomic E-state index is 0.0588. The molecule has 0 radical (unpaired) electrons. The number of nitrogens with one attached hydrogen (secondary N) is 1. The molecule has 10 heteroatoms. The van der Waals surface area contributed by atoms with Crippen molar-refractivity contribution in [3.05, 3.63) is 75.8 Å². The Labute approximate surface area is 233 Å². The lowest BCUT2D eigenvalue weighted by Crippen LogP contribution is -2.39. The predicted molar refractivity (Wildman–Crippen MR) is 151 cm³/mol. The van der Waals surface area contributed by atoms with Gasteiger partial charge in [0.05, 0.1) is 26.4 Å². The number of fused-ring (bicyclic) bond motifs is 1. The first-order valence-electron chi connectivity index (χ1n) is 14.1. The van der Waals surface area contributed by atoms with Gasteiger partial charge in [0.25, 0.3) is 5.56 Å². The van der Waals surface area contributed by atoms with Gasteiger partial charge < -0.3 is 19.2 Å². The average Bonchev–Trinajstić information content (AvgIpc) is 3.77. The standard InChI is InChI=1S/C30H36N6O4/c1-38-23-10-5-7-20(15-23)18-35(19-25-11-6-14-40-25)28(29-32-33-34-36(29)22-8-3-4-9-22)26-17-21-16-24(39-2)12-13-27(21)31-30(26)37/h5,7,10,12-13,15-17,22,25,28H,3-4,6,8-9,11,14,18-19H2,1-2H3,(H,31,37)/t25-,28+/m0/s1. The molecule has 1 saturated carbocycles. The van der Waals surface area contributed by atoms with Gasteiger partial charge in [-0.25, -0.2) is 4.68 Å². The zero-order valence-electron chi connectivity index (χ0n) is 23.1. The third-order valence-electron chi connectivity index (χ3n) is 8.16. The number of hydrogen-bond donors (Lipinski definition) is 1. The van der Waals surface area contributed by atoms with E-state index in [1.54, 1.807) is 14.2 Å². The topological polar surface area (TPSA) is 107 Å². The van der Waals surface area contributed by atoms with E-state index in [1.165, 1.54) is 0 Å². The van der Waals surface area contributed by atoms with Crippen molar-refractivity contribution in [2.24, 2.45) is 0 Å². The second-order valence-electron chi connectivity index (χ2n) is 10.7. The number of aromatic nitrogens is 5. The normalized spacial score (nSPS) is 18.5. The zero-order chi connectivity index (χ0) is 27.5. The van der Waals surface area contributed by atoms with Gasteiger partial charge in [-0.05, 0) is 78.1 Å². The van der Waals surface area contributed by atoms with E-state index in [0.717, 1.165) is 73.1 Å². The molecule has 0 spiro atoms. The zero-order valence-corrected chi connectivity index (χ0v) is 23.1. The summed E-state index contributed by atoms with van der Waals surface area (Å²) in [6, 6.07) is 15.4. The lowest BCUT2D eigenvalue weighted by molar-refractivity contribution is 0.0569. The van der Waals surface area contributed by atoms with Crippen molar-refractivity contribution in [3.63, 3.8) is 0 Å². The van der Waals surface area contributed by atoms with E-state index in [4.69, 9.17) is 14.2 Å². The molecule has 2 aromatic heterocycles. The maximum atomic E-state index is 13.8. The number of aromatic amines is 1. The number of H-pyrrole nitrogens is 1. The fourth-order valence-electron chi connectivity index (χ4n) is 6.14. The van der Waals surface area contributed by atoms with Gasteiger partial charge >= 0.3 is 0 Å². The highest BCUT2D eigenvalue weighted by Gasteiger charge is 2.35. The van der Waals surface area contributed by atoms with Crippen LogP contribution in [0.2, 0.25) is 0 Å². The van der Waals surface area contributed by atoms with E-state index in [-0.39, 0.29) is 17.7 Å². The Kier molecular flexibility index (Phi) is 7.79. The molecule has 2 aliphatic rings. The molecule has 6 rings (SSSR count). The number of ether oxygens (including phenoxy) is 3. The van der Waals surface area contributed by atoms with Crippen LogP contribution in [0, 0.1) is 0 Å². The molecule has 2 aromatic carbocycles. The van der Waals surface area contributed by atoms with Crippen molar-refractivity contribution < 1.29 is 14.2 Å². The molecule has 0 unspecified atom stereocenters. The summed E-state index contributed by atoms with van der Waals surface area (Å²) in [5.74, 6) is 2.20. The van der Waals surface area contributed by atoms with Crippen LogP contribution >= 0.6 is 0 Å². The van der Waals surface area contributed by atoms with E-state index in [1.807, 2.05) is 47.1 Å². The van der Waals surface area contributed by atoms with Gasteiger partial charge in [-0.2, -0.15) is 0 Å². The van der Waals surface area contributed by atoms with E-state index in [2.05, 4.69) is 31.5 Å². The molecule has 1 aliphatic heterocycles. The Morgan fingerprint density at radius 1 is 1.05 bits per heavy atom. The van der Waals surface area contributed by atoms with Gasteiger partial charge in [-0.15, -0.1) is 5.10 Å². The van der Waals surface area contributed by atoms with Crippen LogP contribution in [0.15, 0.2) is 53.3 Å². The van der Waals surface area contributed by atoms with Crippen LogP contribution < -0.4 is 15.0 Å². The quantitative estimate of drug-likeness (QED) is 0.313. The number of methoxy groups -OCH3 is 2. The Balaban J connectivity index is 1.51. The number of nitrogens with zero attached hydrogens (tertiary/aromatic N) is 5. The van der Waals surface area contributed by atoms with Gasteiger partial charge in [0, 0.05) is 36.2 Å². The van der Waals surface area contributed by atoms with Gasteiger partial charge in [-0.3, -0.25) is 9.69 Å². The highest BCUT2D eigenvalue weighted by molar-refractivity contribution is 5.80. The first-order valence-corrected chi connectivity index (χ1v) is 14.1. The van der Waals surface area contributed by atoms with Crippen molar-refractivity contribution in [1.29, 1.82) is 0 Å². The molecule has 0 bridgehead atoms. The molecule has 2 atom stereocenters. The highest BCUT2D eigenvalue weighted by atomic mass is 16.5. The van der Waals surface area contributed by atoms with Gasteiger partial charge in [0.2, 0.25) is 0 Å². The summed E-state index contributed by atoms with van der Waals surface area (Å²) < 4.78 is 19.1. The first-order chi connectivity index (χ1) is 19.6. The largest absolute Gasteiger partial charge is 0.497 e. The first kappa shape index (κ1) is 26.5. The fraction of sp³-hybridized carbons (Fsp3) is 0.467. The highest BCUT2D eigenvalue weighted by Crippen LogP contribution is 2.35. The molecule has 1 N–H and O–H groups in total. The molecule has 2 fully saturated rings. The molecule has 1 aliphatic carbocycles. The fourth-order valence-corrected chi connectivity index (χ4v) is 6.14. The Morgan fingerprint density at radius 2 is 1.88 bits per heavy atom. The summed E-state index contributed by atoms with van der Waals surface area (Å²) in [7, 11) is 3.31. The third-order valence-corrected chi connectivity index (χ3v) is 8.16. The second-order valence-corrected chi connectivity index (χ2v) is 10.7. The van der Waals surface area contributed by atoms with E-state index in [9.17, 15) is 4.79 Å². The van der Waals surface area contributed by atoms with Gasteiger partial charge in [0.1, 0.15) is 17.5 Å². The van der Waals surface area contributed by atoms with Crippen LogP contribution in [-0.4, -0.2) is 63.6 Å². The Hall–Kier alpha value is -3.76. The van der Waals surface area contributed by atoms with Crippen molar-refractivity contribution in [2.45, 2.75) is 63.3 Å². The Morgan fingerprint density at radius 3 is 2.65 bits per heavy atom. The summed E-state index contributed by atoms with van der Waals surface area (Å²) in [5, 5.41) is 14.1. The third kappa shape index (κ3) is 5.46. The SMILES string of the molecule is COc1cccc(CN(C[C@@H]2CCCO2)[C@H](c2cc3cc(OC)ccc3[nH]c2=O)c2nnnn2C2CCCC2)c1. The second kappa shape index (κ2) is 11.8. The molecule has 3 heterocycles. The molecular weight excluding hydrogens is 508 g/mol. The minimum Gasteiger partial charge on any atom is -0.497 e. The monoisotopic (exact) mass is 544 g/mol. The van der Waals surface area contributed by atoms with Crippen molar-refractivity contribution in [3.8, 4) is 11.5 Å².